The number of hydrogen-bond acceptors (Lipinski definition) is 4. The standard InChI is InChI=1S/C14H19N3O3/c1-15-13(18)7-8-17(2)14(19)12-9-16-10-5-3-4-6-11(10)20-12/h3-6,12,16H,7-9H2,1-2H3,(H,15,18). The SMILES string of the molecule is CNC(=O)CCN(C)C(=O)C1CNc2ccccc2O1. The van der Waals surface area contributed by atoms with E-state index < -0.39 is 6.10 Å². The predicted octanol–water partition coefficient (Wildman–Crippen LogP) is 0.454. The van der Waals surface area contributed by atoms with E-state index in [1.165, 1.54) is 4.90 Å². The molecule has 0 fully saturated rings. The molecule has 0 saturated heterocycles. The van der Waals surface area contributed by atoms with E-state index >= 15 is 0 Å². The first-order valence-corrected chi connectivity index (χ1v) is 6.57. The third-order valence-electron chi connectivity index (χ3n) is 3.24. The molecule has 1 heterocycles. The molecule has 6 heteroatoms. The van der Waals surface area contributed by atoms with Gasteiger partial charge in [-0.15, -0.1) is 0 Å². The maximum absolute atomic E-state index is 12.2. The van der Waals surface area contributed by atoms with Crippen molar-refractivity contribution in [3.63, 3.8) is 0 Å². The number of carbonyl (C=O) groups excluding carboxylic acids is 2. The van der Waals surface area contributed by atoms with Crippen LogP contribution in [0.15, 0.2) is 24.3 Å². The molecule has 0 spiro atoms. The molecule has 0 radical (unpaired) electrons. The maximum Gasteiger partial charge on any atom is 0.265 e. The van der Waals surface area contributed by atoms with Gasteiger partial charge in [0.1, 0.15) is 5.75 Å². The van der Waals surface area contributed by atoms with E-state index in [4.69, 9.17) is 4.74 Å². The summed E-state index contributed by atoms with van der Waals surface area (Å²) < 4.78 is 5.69. The van der Waals surface area contributed by atoms with E-state index in [9.17, 15) is 9.59 Å². The highest BCUT2D eigenvalue weighted by molar-refractivity contribution is 5.83. The summed E-state index contributed by atoms with van der Waals surface area (Å²) in [4.78, 5) is 24.9. The van der Waals surface area contributed by atoms with E-state index in [0.29, 0.717) is 18.8 Å². The highest BCUT2D eigenvalue weighted by Gasteiger charge is 2.28. The molecule has 0 aliphatic carbocycles. The predicted molar refractivity (Wildman–Crippen MR) is 75.7 cm³/mol. The molecule has 1 aromatic carbocycles. The largest absolute Gasteiger partial charge is 0.477 e. The summed E-state index contributed by atoms with van der Waals surface area (Å²) in [6, 6.07) is 7.51. The minimum absolute atomic E-state index is 0.0855. The summed E-state index contributed by atoms with van der Waals surface area (Å²) in [6.45, 7) is 0.806. The van der Waals surface area contributed by atoms with E-state index in [1.54, 1.807) is 14.1 Å². The Kier molecular flexibility index (Phi) is 4.45. The van der Waals surface area contributed by atoms with Gasteiger partial charge in [0.05, 0.1) is 12.2 Å². The van der Waals surface area contributed by atoms with Gasteiger partial charge in [-0.1, -0.05) is 12.1 Å². The minimum Gasteiger partial charge on any atom is -0.477 e. The van der Waals surface area contributed by atoms with Gasteiger partial charge in [-0.05, 0) is 12.1 Å². The fraction of sp³-hybridized carbons (Fsp3) is 0.429. The van der Waals surface area contributed by atoms with Crippen molar-refractivity contribution in [3.8, 4) is 5.75 Å². The van der Waals surface area contributed by atoms with Crippen LogP contribution in [-0.4, -0.2) is 50.0 Å². The second-order valence-electron chi connectivity index (χ2n) is 4.67. The molecule has 2 N–H and O–H groups in total. The van der Waals surface area contributed by atoms with Crippen LogP contribution in [0.5, 0.6) is 5.75 Å². The Bertz CT molecular complexity index is 504. The number of rotatable bonds is 4. The smallest absolute Gasteiger partial charge is 0.265 e. The van der Waals surface area contributed by atoms with Crippen molar-refractivity contribution in [2.75, 3.05) is 32.5 Å². The van der Waals surface area contributed by atoms with Gasteiger partial charge in [0.25, 0.3) is 5.91 Å². The van der Waals surface area contributed by atoms with E-state index in [2.05, 4.69) is 10.6 Å². The monoisotopic (exact) mass is 277 g/mol. The van der Waals surface area contributed by atoms with E-state index in [-0.39, 0.29) is 18.2 Å². The Labute approximate surface area is 118 Å². The Morgan fingerprint density at radius 3 is 2.95 bits per heavy atom. The molecule has 0 aromatic heterocycles. The first kappa shape index (κ1) is 14.2. The number of anilines is 1. The van der Waals surface area contributed by atoms with Crippen LogP contribution in [0, 0.1) is 0 Å². The lowest BCUT2D eigenvalue weighted by Gasteiger charge is -2.29. The lowest BCUT2D eigenvalue weighted by Crippen LogP contribution is -2.46. The van der Waals surface area contributed by atoms with Crippen LogP contribution >= 0.6 is 0 Å². The van der Waals surface area contributed by atoms with Gasteiger partial charge in [-0.3, -0.25) is 9.59 Å². The highest BCUT2D eigenvalue weighted by Crippen LogP contribution is 2.28. The topological polar surface area (TPSA) is 70.7 Å². The molecule has 108 valence electrons. The number of fused-ring (bicyclic) bond motifs is 1. The van der Waals surface area contributed by atoms with Gasteiger partial charge in [0.2, 0.25) is 5.91 Å². The van der Waals surface area contributed by atoms with Gasteiger partial charge in [0.15, 0.2) is 6.10 Å². The first-order chi connectivity index (χ1) is 9.61. The molecule has 0 saturated carbocycles. The number of para-hydroxylation sites is 2. The van der Waals surface area contributed by atoms with Crippen molar-refractivity contribution in [2.24, 2.45) is 0 Å². The number of hydrogen-bond donors (Lipinski definition) is 2. The Balaban J connectivity index is 1.92. The molecule has 2 rings (SSSR count). The summed E-state index contributed by atoms with van der Waals surface area (Å²) in [7, 11) is 3.25. The second kappa shape index (κ2) is 6.27. The first-order valence-electron chi connectivity index (χ1n) is 6.57. The number of likely N-dealkylation sites (N-methyl/N-ethyl adjacent to an activating group) is 1. The molecular weight excluding hydrogens is 258 g/mol. The summed E-state index contributed by atoms with van der Waals surface area (Å²) in [5.74, 6) is 0.463. The molecule has 20 heavy (non-hydrogen) atoms. The van der Waals surface area contributed by atoms with Crippen LogP contribution < -0.4 is 15.4 Å². The molecule has 1 aromatic rings. The molecule has 6 nitrogen and oxygen atoms in total. The van der Waals surface area contributed by atoms with Crippen LogP contribution in [0.3, 0.4) is 0 Å². The van der Waals surface area contributed by atoms with Crippen LogP contribution in [0.2, 0.25) is 0 Å². The van der Waals surface area contributed by atoms with E-state index in [0.717, 1.165) is 5.69 Å². The van der Waals surface area contributed by atoms with E-state index in [1.807, 2.05) is 24.3 Å². The number of benzene rings is 1. The van der Waals surface area contributed by atoms with Crippen molar-refractivity contribution < 1.29 is 14.3 Å². The van der Waals surface area contributed by atoms with Crippen LogP contribution in [0.25, 0.3) is 0 Å². The highest BCUT2D eigenvalue weighted by atomic mass is 16.5. The number of amides is 2. The van der Waals surface area contributed by atoms with Crippen molar-refractivity contribution in [3.05, 3.63) is 24.3 Å². The van der Waals surface area contributed by atoms with Crippen LogP contribution in [0.4, 0.5) is 5.69 Å². The molecule has 1 aliphatic heterocycles. The zero-order chi connectivity index (χ0) is 14.5. The van der Waals surface area contributed by atoms with Crippen LogP contribution in [-0.2, 0) is 9.59 Å². The van der Waals surface area contributed by atoms with Crippen molar-refractivity contribution in [1.29, 1.82) is 0 Å². The molecule has 0 bridgehead atoms. The Morgan fingerprint density at radius 2 is 2.20 bits per heavy atom. The lowest BCUT2D eigenvalue weighted by molar-refractivity contribution is -0.137. The zero-order valence-corrected chi connectivity index (χ0v) is 11.7. The van der Waals surface area contributed by atoms with Crippen LogP contribution in [0.1, 0.15) is 6.42 Å². The Hall–Kier alpha value is -2.24. The maximum atomic E-state index is 12.2. The number of nitrogens with zero attached hydrogens (tertiary/aromatic N) is 1. The fourth-order valence-electron chi connectivity index (χ4n) is 2.00. The molecule has 1 aliphatic rings. The summed E-state index contributed by atoms with van der Waals surface area (Å²) in [6.07, 6.45) is -0.269. The normalized spacial score (nSPS) is 16.4. The number of carbonyl (C=O) groups is 2. The number of nitrogens with one attached hydrogen (secondary N) is 2. The summed E-state index contributed by atoms with van der Waals surface area (Å²) in [5.41, 5.74) is 0.893. The van der Waals surface area contributed by atoms with Crippen molar-refractivity contribution in [1.82, 2.24) is 10.2 Å². The lowest BCUT2D eigenvalue weighted by atomic mass is 10.2. The van der Waals surface area contributed by atoms with Gasteiger partial charge in [-0.2, -0.15) is 0 Å². The van der Waals surface area contributed by atoms with Gasteiger partial charge in [-0.25, -0.2) is 0 Å². The quantitative estimate of drug-likeness (QED) is 0.838. The third kappa shape index (κ3) is 3.20. The van der Waals surface area contributed by atoms with Crippen molar-refractivity contribution >= 4 is 17.5 Å². The average molecular weight is 277 g/mol. The molecule has 1 atom stereocenters. The molecule has 1 unspecified atom stereocenters. The Morgan fingerprint density at radius 1 is 1.45 bits per heavy atom. The molecule has 2 amide bonds. The second-order valence-corrected chi connectivity index (χ2v) is 4.67. The van der Waals surface area contributed by atoms with Gasteiger partial charge in [0, 0.05) is 27.1 Å². The number of ether oxygens (including phenoxy) is 1. The molecular formula is C14H19N3O3. The minimum atomic E-state index is -0.556. The zero-order valence-electron chi connectivity index (χ0n) is 11.7. The average Bonchev–Trinajstić information content (AvgIpc) is 2.50. The van der Waals surface area contributed by atoms with Gasteiger partial charge < -0.3 is 20.3 Å². The van der Waals surface area contributed by atoms with Crippen molar-refractivity contribution in [2.45, 2.75) is 12.5 Å². The van der Waals surface area contributed by atoms with Gasteiger partial charge >= 0.3 is 0 Å². The summed E-state index contributed by atoms with van der Waals surface area (Å²) >= 11 is 0. The third-order valence-corrected chi connectivity index (χ3v) is 3.24. The fourth-order valence-corrected chi connectivity index (χ4v) is 2.00. The summed E-state index contributed by atoms with van der Waals surface area (Å²) in [5, 5.41) is 5.70.